The van der Waals surface area contributed by atoms with Crippen molar-refractivity contribution in [2.45, 2.75) is 77.9 Å². The number of nitrogens with zero attached hydrogens (tertiary/aromatic N) is 1. The number of nitrogens with one attached hydrogen (secondary N) is 2. The molecule has 27 heavy (non-hydrogen) atoms. The normalized spacial score (nSPS) is 20.1. The van der Waals surface area contributed by atoms with E-state index in [-0.39, 0.29) is 29.9 Å². The van der Waals surface area contributed by atoms with Crippen LogP contribution >= 0.6 is 0 Å². The molecule has 0 aromatic heterocycles. The van der Waals surface area contributed by atoms with Gasteiger partial charge >= 0.3 is 6.09 Å². The standard InChI is InChI=1S/C18H31N3O4.C2H2/c1-5-13(20-17(24)25-11-18(2,3)4)16(23)21-10-6-7-14(21)15(22)19-12-8-9-12;1-2/h12-14H,5-11H2,1-4H3,(H,19,22)(H,20,24);1-2H/t13-,14-;/m0./s1. The zero-order chi connectivity index (χ0) is 20.6. The van der Waals surface area contributed by atoms with Crippen LogP contribution in [0.4, 0.5) is 4.79 Å². The monoisotopic (exact) mass is 379 g/mol. The summed E-state index contributed by atoms with van der Waals surface area (Å²) in [5.41, 5.74) is -0.135. The van der Waals surface area contributed by atoms with E-state index in [1.165, 1.54) is 0 Å². The Bertz CT molecular complexity index is 549. The summed E-state index contributed by atoms with van der Waals surface area (Å²) >= 11 is 0. The first kappa shape index (κ1) is 22.8. The van der Waals surface area contributed by atoms with Gasteiger partial charge in [0.05, 0.1) is 6.61 Å². The fraction of sp³-hybridized carbons (Fsp3) is 0.750. The second-order valence-electron chi connectivity index (χ2n) is 8.21. The number of ether oxygens (including phenoxy) is 1. The van der Waals surface area contributed by atoms with Gasteiger partial charge in [-0.2, -0.15) is 0 Å². The Labute approximate surface area is 162 Å². The Hall–Kier alpha value is -2.23. The molecule has 152 valence electrons. The van der Waals surface area contributed by atoms with Crippen LogP contribution in [0.25, 0.3) is 0 Å². The zero-order valence-corrected chi connectivity index (χ0v) is 16.9. The predicted molar refractivity (Wildman–Crippen MR) is 104 cm³/mol. The Balaban J connectivity index is 0.00000176. The van der Waals surface area contributed by atoms with Crippen molar-refractivity contribution in [3.63, 3.8) is 0 Å². The van der Waals surface area contributed by atoms with Crippen molar-refractivity contribution >= 4 is 17.9 Å². The molecule has 1 heterocycles. The summed E-state index contributed by atoms with van der Waals surface area (Å²) in [5.74, 6) is -0.276. The highest BCUT2D eigenvalue weighted by Gasteiger charge is 2.38. The first-order valence-electron chi connectivity index (χ1n) is 9.58. The smallest absolute Gasteiger partial charge is 0.407 e. The number of hydrogen-bond acceptors (Lipinski definition) is 4. The average molecular weight is 380 g/mol. The quantitative estimate of drug-likeness (QED) is 0.692. The first-order chi connectivity index (χ1) is 12.7. The molecular weight excluding hydrogens is 346 g/mol. The van der Waals surface area contributed by atoms with Crippen molar-refractivity contribution < 1.29 is 19.1 Å². The minimum Gasteiger partial charge on any atom is -0.449 e. The van der Waals surface area contributed by atoms with Gasteiger partial charge in [0.1, 0.15) is 12.1 Å². The van der Waals surface area contributed by atoms with E-state index in [0.717, 1.165) is 19.3 Å². The lowest BCUT2D eigenvalue weighted by Gasteiger charge is -2.28. The molecule has 0 spiro atoms. The summed E-state index contributed by atoms with van der Waals surface area (Å²) in [7, 11) is 0. The molecule has 2 rings (SSSR count). The van der Waals surface area contributed by atoms with Gasteiger partial charge < -0.3 is 20.3 Å². The second-order valence-corrected chi connectivity index (χ2v) is 8.21. The Morgan fingerprint density at radius 1 is 1.19 bits per heavy atom. The van der Waals surface area contributed by atoms with Crippen LogP contribution in [0.1, 0.15) is 59.8 Å². The van der Waals surface area contributed by atoms with Crippen molar-refractivity contribution in [3.05, 3.63) is 0 Å². The third kappa shape index (κ3) is 7.49. The van der Waals surface area contributed by atoms with Crippen molar-refractivity contribution in [1.29, 1.82) is 0 Å². The van der Waals surface area contributed by atoms with Crippen molar-refractivity contribution in [3.8, 4) is 12.8 Å². The summed E-state index contributed by atoms with van der Waals surface area (Å²) < 4.78 is 5.19. The Morgan fingerprint density at radius 2 is 1.81 bits per heavy atom. The molecule has 0 unspecified atom stereocenters. The predicted octanol–water partition coefficient (Wildman–Crippen LogP) is 2.06. The first-order valence-corrected chi connectivity index (χ1v) is 9.58. The molecule has 2 fully saturated rings. The van der Waals surface area contributed by atoms with Crippen LogP contribution in [0, 0.1) is 18.3 Å². The van der Waals surface area contributed by atoms with E-state index in [4.69, 9.17) is 4.74 Å². The van der Waals surface area contributed by atoms with Crippen molar-refractivity contribution in [2.24, 2.45) is 5.41 Å². The molecule has 1 saturated carbocycles. The number of likely N-dealkylation sites (tertiary alicyclic amines) is 1. The molecule has 3 amide bonds. The fourth-order valence-electron chi connectivity index (χ4n) is 2.83. The highest BCUT2D eigenvalue weighted by molar-refractivity contribution is 5.92. The number of rotatable bonds is 6. The number of amides is 3. The number of carbonyl (C=O) groups excluding carboxylic acids is 3. The van der Waals surface area contributed by atoms with Gasteiger partial charge in [0.25, 0.3) is 0 Å². The van der Waals surface area contributed by atoms with E-state index in [0.29, 0.717) is 19.4 Å². The van der Waals surface area contributed by atoms with E-state index in [9.17, 15) is 14.4 Å². The van der Waals surface area contributed by atoms with E-state index < -0.39 is 18.2 Å². The van der Waals surface area contributed by atoms with Gasteiger partial charge in [-0.1, -0.05) is 27.7 Å². The van der Waals surface area contributed by atoms with Crippen LogP contribution in [-0.2, 0) is 14.3 Å². The summed E-state index contributed by atoms with van der Waals surface area (Å²) in [5, 5.41) is 5.61. The maximum absolute atomic E-state index is 12.8. The largest absolute Gasteiger partial charge is 0.449 e. The Kier molecular flexibility index (Phi) is 8.61. The van der Waals surface area contributed by atoms with E-state index in [1.54, 1.807) is 4.90 Å². The topological polar surface area (TPSA) is 87.7 Å². The molecule has 2 atom stereocenters. The van der Waals surface area contributed by atoms with Gasteiger partial charge in [-0.15, -0.1) is 12.8 Å². The fourth-order valence-corrected chi connectivity index (χ4v) is 2.83. The number of carbonyl (C=O) groups is 3. The Morgan fingerprint density at radius 3 is 2.33 bits per heavy atom. The second kappa shape index (κ2) is 10.2. The minimum absolute atomic E-state index is 0.0708. The zero-order valence-electron chi connectivity index (χ0n) is 16.9. The van der Waals surface area contributed by atoms with E-state index in [1.807, 2.05) is 27.7 Å². The molecule has 2 aliphatic rings. The minimum atomic E-state index is -0.665. The number of alkyl carbamates (subject to hydrolysis) is 1. The van der Waals surface area contributed by atoms with E-state index in [2.05, 4.69) is 23.5 Å². The molecule has 0 aromatic carbocycles. The van der Waals surface area contributed by atoms with Crippen LogP contribution in [0.2, 0.25) is 0 Å². The van der Waals surface area contributed by atoms with Crippen LogP contribution in [0.3, 0.4) is 0 Å². The van der Waals surface area contributed by atoms with Crippen molar-refractivity contribution in [1.82, 2.24) is 15.5 Å². The average Bonchev–Trinajstić information content (AvgIpc) is 3.29. The van der Waals surface area contributed by atoms with Gasteiger partial charge in [0.15, 0.2) is 0 Å². The lowest BCUT2D eigenvalue weighted by atomic mass is 9.99. The summed E-state index contributed by atoms with van der Waals surface area (Å²) in [6.45, 7) is 8.57. The molecule has 1 aliphatic carbocycles. The maximum atomic E-state index is 12.8. The highest BCUT2D eigenvalue weighted by atomic mass is 16.5. The van der Waals surface area contributed by atoms with Gasteiger partial charge in [0, 0.05) is 12.6 Å². The molecular formula is C20H33N3O4. The SMILES string of the molecule is C#C.CC[C@H](NC(=O)OCC(C)(C)C)C(=O)N1CCC[C@H]1C(=O)NC1CC1. The molecule has 0 bridgehead atoms. The van der Waals surface area contributed by atoms with Gasteiger partial charge in [0.2, 0.25) is 11.8 Å². The molecule has 7 nitrogen and oxygen atoms in total. The van der Waals surface area contributed by atoms with Crippen LogP contribution in [-0.4, -0.2) is 54.1 Å². The molecule has 0 aromatic rings. The van der Waals surface area contributed by atoms with E-state index >= 15 is 0 Å². The summed E-state index contributed by atoms with van der Waals surface area (Å²) in [6.07, 6.45) is 11.4. The lowest BCUT2D eigenvalue weighted by molar-refractivity contribution is -0.140. The van der Waals surface area contributed by atoms with Gasteiger partial charge in [-0.25, -0.2) is 4.79 Å². The molecule has 2 N–H and O–H groups in total. The maximum Gasteiger partial charge on any atom is 0.407 e. The van der Waals surface area contributed by atoms with Gasteiger partial charge in [-0.3, -0.25) is 9.59 Å². The molecule has 1 saturated heterocycles. The third-order valence-corrected chi connectivity index (χ3v) is 4.40. The molecule has 1 aliphatic heterocycles. The number of terminal acetylenes is 1. The van der Waals surface area contributed by atoms with Gasteiger partial charge in [-0.05, 0) is 37.5 Å². The number of hydrogen-bond donors (Lipinski definition) is 2. The molecule has 7 heteroatoms. The van der Waals surface area contributed by atoms with Crippen LogP contribution in [0.5, 0.6) is 0 Å². The van der Waals surface area contributed by atoms with Crippen molar-refractivity contribution in [2.75, 3.05) is 13.2 Å². The summed E-state index contributed by atoms with van der Waals surface area (Å²) in [4.78, 5) is 38.7. The summed E-state index contributed by atoms with van der Waals surface area (Å²) in [6, 6.07) is -0.811. The third-order valence-electron chi connectivity index (χ3n) is 4.40. The van der Waals surface area contributed by atoms with Crippen LogP contribution < -0.4 is 10.6 Å². The highest BCUT2D eigenvalue weighted by Crippen LogP contribution is 2.23. The lowest BCUT2D eigenvalue weighted by Crippen LogP contribution is -2.53. The van der Waals surface area contributed by atoms with Crippen LogP contribution in [0.15, 0.2) is 0 Å². The molecule has 0 radical (unpaired) electrons.